The van der Waals surface area contributed by atoms with Gasteiger partial charge in [-0.1, -0.05) is 41.4 Å². The highest BCUT2D eigenvalue weighted by Crippen LogP contribution is 2.25. The lowest BCUT2D eigenvalue weighted by Crippen LogP contribution is -2.26. The number of rotatable bonds is 5. The second kappa shape index (κ2) is 7.61. The van der Waals surface area contributed by atoms with Crippen molar-refractivity contribution in [1.82, 2.24) is 5.32 Å². The van der Waals surface area contributed by atoms with E-state index in [1.165, 1.54) is 12.1 Å². The van der Waals surface area contributed by atoms with E-state index >= 15 is 0 Å². The predicted molar refractivity (Wildman–Crippen MR) is 87.7 cm³/mol. The molecule has 1 amide bonds. The van der Waals surface area contributed by atoms with Gasteiger partial charge < -0.3 is 5.32 Å². The maximum absolute atomic E-state index is 12.9. The minimum Gasteiger partial charge on any atom is -0.350 e. The summed E-state index contributed by atoms with van der Waals surface area (Å²) in [7, 11) is 0. The van der Waals surface area contributed by atoms with E-state index in [0.717, 1.165) is 11.1 Å². The average molecular weight is 340 g/mol. The first kappa shape index (κ1) is 16.8. The van der Waals surface area contributed by atoms with Crippen LogP contribution in [0.25, 0.3) is 0 Å². The Labute approximate surface area is 139 Å². The molecule has 0 bridgehead atoms. The van der Waals surface area contributed by atoms with Gasteiger partial charge in [-0.2, -0.15) is 0 Å². The molecule has 0 fully saturated rings. The minimum absolute atomic E-state index is 0.104. The van der Waals surface area contributed by atoms with Gasteiger partial charge in [0.2, 0.25) is 5.91 Å². The van der Waals surface area contributed by atoms with E-state index in [4.69, 9.17) is 23.2 Å². The van der Waals surface area contributed by atoms with Crippen LogP contribution < -0.4 is 5.32 Å². The third-order valence-electron chi connectivity index (χ3n) is 3.41. The van der Waals surface area contributed by atoms with Crippen LogP contribution in [0.4, 0.5) is 4.39 Å². The summed E-state index contributed by atoms with van der Waals surface area (Å²) in [6.45, 7) is 1.85. The van der Waals surface area contributed by atoms with Gasteiger partial charge in [-0.3, -0.25) is 4.79 Å². The first-order chi connectivity index (χ1) is 10.5. The van der Waals surface area contributed by atoms with E-state index < -0.39 is 0 Å². The highest BCUT2D eigenvalue weighted by molar-refractivity contribution is 6.36. The third-order valence-corrected chi connectivity index (χ3v) is 4.12. The van der Waals surface area contributed by atoms with Gasteiger partial charge in [-0.05, 0) is 48.7 Å². The van der Waals surface area contributed by atoms with Gasteiger partial charge in [0, 0.05) is 16.5 Å². The Morgan fingerprint density at radius 3 is 2.32 bits per heavy atom. The molecule has 1 unspecified atom stereocenters. The van der Waals surface area contributed by atoms with Crippen molar-refractivity contribution in [2.24, 2.45) is 0 Å². The van der Waals surface area contributed by atoms with Gasteiger partial charge in [0.15, 0.2) is 0 Å². The number of hydrogen-bond acceptors (Lipinski definition) is 1. The Balaban J connectivity index is 1.91. The fourth-order valence-electron chi connectivity index (χ4n) is 2.16. The quantitative estimate of drug-likeness (QED) is 0.820. The van der Waals surface area contributed by atoms with E-state index in [1.54, 1.807) is 30.3 Å². The molecule has 1 atom stereocenters. The highest BCUT2D eigenvalue weighted by Gasteiger charge is 2.12. The molecule has 0 spiro atoms. The number of hydrogen-bond donors (Lipinski definition) is 1. The van der Waals surface area contributed by atoms with Crippen LogP contribution in [0.15, 0.2) is 42.5 Å². The van der Waals surface area contributed by atoms with Gasteiger partial charge in [0.25, 0.3) is 0 Å². The molecule has 116 valence electrons. The Morgan fingerprint density at radius 1 is 1.14 bits per heavy atom. The number of benzene rings is 2. The number of amides is 1. The van der Waals surface area contributed by atoms with Crippen molar-refractivity contribution in [3.8, 4) is 0 Å². The van der Waals surface area contributed by atoms with Crippen LogP contribution in [0.2, 0.25) is 10.0 Å². The lowest BCUT2D eigenvalue weighted by Gasteiger charge is -2.14. The molecular weight excluding hydrogens is 324 g/mol. The van der Waals surface area contributed by atoms with E-state index in [-0.39, 0.29) is 24.2 Å². The molecule has 0 aromatic heterocycles. The lowest BCUT2D eigenvalue weighted by atomic mass is 10.1. The van der Waals surface area contributed by atoms with Crippen molar-refractivity contribution < 1.29 is 9.18 Å². The molecule has 1 N–H and O–H groups in total. The zero-order valence-corrected chi connectivity index (χ0v) is 13.6. The fraction of sp³-hybridized carbons (Fsp3) is 0.235. The molecular formula is C17H16Cl2FNO. The van der Waals surface area contributed by atoms with Crippen LogP contribution in [0, 0.1) is 5.82 Å². The molecule has 0 aliphatic carbocycles. The van der Waals surface area contributed by atoms with E-state index in [0.29, 0.717) is 16.5 Å². The zero-order chi connectivity index (χ0) is 16.1. The first-order valence-corrected chi connectivity index (χ1v) is 7.70. The molecule has 2 nitrogen and oxygen atoms in total. The molecule has 2 aromatic carbocycles. The molecule has 0 saturated heterocycles. The summed E-state index contributed by atoms with van der Waals surface area (Å²) >= 11 is 12.2. The van der Waals surface area contributed by atoms with Gasteiger partial charge in [-0.15, -0.1) is 0 Å². The molecule has 5 heteroatoms. The molecule has 2 rings (SSSR count). The van der Waals surface area contributed by atoms with Crippen molar-refractivity contribution in [2.75, 3.05) is 0 Å². The smallest absolute Gasteiger partial charge is 0.220 e. The van der Waals surface area contributed by atoms with Crippen LogP contribution in [-0.4, -0.2) is 5.91 Å². The lowest BCUT2D eigenvalue weighted by molar-refractivity contribution is -0.121. The van der Waals surface area contributed by atoms with Crippen LogP contribution >= 0.6 is 23.2 Å². The first-order valence-electron chi connectivity index (χ1n) is 6.95. The largest absolute Gasteiger partial charge is 0.350 e. The summed E-state index contributed by atoms with van der Waals surface area (Å²) < 4.78 is 12.9. The standard InChI is InChI=1S/C17H16Cl2FNO/c1-11(12-5-7-13(20)8-6-12)21-17(22)10-9-14-15(18)3-2-4-16(14)19/h2-8,11H,9-10H2,1H3,(H,21,22). The summed E-state index contributed by atoms with van der Waals surface area (Å²) in [5, 5.41) is 4.00. The van der Waals surface area contributed by atoms with E-state index in [1.807, 2.05) is 6.92 Å². The summed E-state index contributed by atoms with van der Waals surface area (Å²) in [4.78, 5) is 12.0. The normalized spacial score (nSPS) is 12.0. The predicted octanol–water partition coefficient (Wildman–Crippen LogP) is 4.94. The van der Waals surface area contributed by atoms with E-state index in [2.05, 4.69) is 5.32 Å². The monoisotopic (exact) mass is 339 g/mol. The molecule has 2 aromatic rings. The topological polar surface area (TPSA) is 29.1 Å². The minimum atomic E-state index is -0.296. The third kappa shape index (κ3) is 4.46. The molecule has 0 saturated carbocycles. The summed E-state index contributed by atoms with van der Waals surface area (Å²) in [6, 6.07) is 11.2. The van der Waals surface area contributed by atoms with Crippen molar-refractivity contribution in [2.45, 2.75) is 25.8 Å². The fourth-order valence-corrected chi connectivity index (χ4v) is 2.74. The maximum atomic E-state index is 12.9. The van der Waals surface area contributed by atoms with Gasteiger partial charge in [0.05, 0.1) is 6.04 Å². The Morgan fingerprint density at radius 2 is 1.73 bits per heavy atom. The molecule has 0 aliphatic rings. The summed E-state index contributed by atoms with van der Waals surface area (Å²) in [5.41, 5.74) is 1.63. The number of halogens is 3. The van der Waals surface area contributed by atoms with Crippen molar-refractivity contribution in [3.05, 3.63) is 69.5 Å². The summed E-state index contributed by atoms with van der Waals surface area (Å²) in [6.07, 6.45) is 0.759. The molecule has 0 aliphatic heterocycles. The molecule has 0 radical (unpaired) electrons. The van der Waals surface area contributed by atoms with Crippen molar-refractivity contribution in [1.29, 1.82) is 0 Å². The SMILES string of the molecule is CC(NC(=O)CCc1c(Cl)cccc1Cl)c1ccc(F)cc1. The number of nitrogens with one attached hydrogen (secondary N) is 1. The van der Waals surface area contributed by atoms with Gasteiger partial charge in [-0.25, -0.2) is 4.39 Å². The second-order valence-electron chi connectivity index (χ2n) is 5.04. The van der Waals surface area contributed by atoms with Crippen molar-refractivity contribution in [3.63, 3.8) is 0 Å². The Kier molecular flexibility index (Phi) is 5.81. The molecule has 0 heterocycles. The van der Waals surface area contributed by atoms with Crippen molar-refractivity contribution >= 4 is 29.1 Å². The second-order valence-corrected chi connectivity index (χ2v) is 5.86. The maximum Gasteiger partial charge on any atom is 0.220 e. The van der Waals surface area contributed by atoms with E-state index in [9.17, 15) is 9.18 Å². The number of carbonyl (C=O) groups excluding carboxylic acids is 1. The Hall–Kier alpha value is -1.58. The van der Waals surface area contributed by atoms with Gasteiger partial charge >= 0.3 is 0 Å². The van der Waals surface area contributed by atoms with Crippen LogP contribution in [0.1, 0.15) is 30.5 Å². The van der Waals surface area contributed by atoms with Crippen LogP contribution in [0.5, 0.6) is 0 Å². The molecule has 22 heavy (non-hydrogen) atoms. The highest BCUT2D eigenvalue weighted by atomic mass is 35.5. The number of carbonyl (C=O) groups is 1. The Bertz CT molecular complexity index is 638. The van der Waals surface area contributed by atoms with Gasteiger partial charge in [0.1, 0.15) is 5.82 Å². The van der Waals surface area contributed by atoms with Crippen LogP contribution in [0.3, 0.4) is 0 Å². The zero-order valence-electron chi connectivity index (χ0n) is 12.1. The van der Waals surface area contributed by atoms with Crippen LogP contribution in [-0.2, 0) is 11.2 Å². The summed E-state index contributed by atoms with van der Waals surface area (Å²) in [5.74, 6) is -0.400. The average Bonchev–Trinajstić information content (AvgIpc) is 2.47.